The smallest absolute Gasteiger partial charge is 0.0628 e. The van der Waals surface area contributed by atoms with Gasteiger partial charge in [-0.3, -0.25) is 9.80 Å². The van der Waals surface area contributed by atoms with Gasteiger partial charge in [0.05, 0.1) is 12.1 Å². The van der Waals surface area contributed by atoms with E-state index in [2.05, 4.69) is 45.4 Å². The Kier molecular flexibility index (Phi) is 4.36. The van der Waals surface area contributed by atoms with Crippen LogP contribution in [0.3, 0.4) is 0 Å². The van der Waals surface area contributed by atoms with Crippen molar-refractivity contribution in [1.29, 1.82) is 0 Å². The average molecular weight is 275 g/mol. The second kappa shape index (κ2) is 6.22. The number of nitrogens with zero attached hydrogens (tertiary/aromatic N) is 2. The van der Waals surface area contributed by atoms with E-state index in [1.54, 1.807) is 0 Å². The lowest BCUT2D eigenvalue weighted by molar-refractivity contribution is 0.0263. The Bertz CT molecular complexity index is 419. The molecule has 2 heterocycles. The molecule has 2 aliphatic heterocycles. The summed E-state index contributed by atoms with van der Waals surface area (Å²) in [7, 11) is 0. The lowest BCUT2D eigenvalue weighted by Gasteiger charge is -2.42. The van der Waals surface area contributed by atoms with Crippen molar-refractivity contribution in [3.8, 4) is 0 Å². The lowest BCUT2D eigenvalue weighted by Crippen LogP contribution is -2.59. The molecular formula is C16H25N3O. The Hall–Kier alpha value is -0.940. The van der Waals surface area contributed by atoms with Crippen LogP contribution in [0.1, 0.15) is 12.0 Å². The van der Waals surface area contributed by atoms with Gasteiger partial charge in [0.2, 0.25) is 0 Å². The summed E-state index contributed by atoms with van der Waals surface area (Å²) in [4.78, 5) is 4.97. The summed E-state index contributed by atoms with van der Waals surface area (Å²) < 4.78 is 0. The van der Waals surface area contributed by atoms with Crippen LogP contribution in [-0.4, -0.2) is 66.3 Å². The third-order valence-corrected chi connectivity index (χ3v) is 4.74. The third kappa shape index (κ3) is 2.88. The standard InChI is InChI=1S/C16H25N3O/c20-14-16(19-10-7-17-8-11-19)6-9-18(13-16)12-15-4-2-1-3-5-15/h1-5,17,20H,6-14H2. The predicted octanol–water partition coefficient (Wildman–Crippen LogP) is 0.529. The fourth-order valence-electron chi connectivity index (χ4n) is 3.54. The molecular weight excluding hydrogens is 250 g/mol. The normalized spacial score (nSPS) is 28.9. The number of likely N-dealkylation sites (tertiary alicyclic amines) is 1. The van der Waals surface area contributed by atoms with Crippen LogP contribution in [0.4, 0.5) is 0 Å². The monoisotopic (exact) mass is 275 g/mol. The Morgan fingerprint density at radius 1 is 1.10 bits per heavy atom. The molecule has 0 bridgehead atoms. The summed E-state index contributed by atoms with van der Waals surface area (Å²) in [6.45, 7) is 7.53. The van der Waals surface area contributed by atoms with Crippen molar-refractivity contribution in [2.24, 2.45) is 0 Å². The summed E-state index contributed by atoms with van der Waals surface area (Å²) >= 11 is 0. The molecule has 2 saturated heterocycles. The van der Waals surface area contributed by atoms with E-state index in [9.17, 15) is 5.11 Å². The highest BCUT2D eigenvalue weighted by molar-refractivity contribution is 5.15. The number of aliphatic hydroxyl groups is 1. The molecule has 0 amide bonds. The molecule has 4 heteroatoms. The van der Waals surface area contributed by atoms with Crippen LogP contribution in [0.5, 0.6) is 0 Å². The number of aliphatic hydroxyl groups excluding tert-OH is 1. The lowest BCUT2D eigenvalue weighted by atomic mass is 9.96. The molecule has 1 atom stereocenters. The van der Waals surface area contributed by atoms with Gasteiger partial charge in [0.15, 0.2) is 0 Å². The molecule has 2 aliphatic rings. The van der Waals surface area contributed by atoms with Gasteiger partial charge in [-0.05, 0) is 12.0 Å². The van der Waals surface area contributed by atoms with Crippen LogP contribution < -0.4 is 5.32 Å². The van der Waals surface area contributed by atoms with E-state index in [0.29, 0.717) is 0 Å². The molecule has 0 aliphatic carbocycles. The fraction of sp³-hybridized carbons (Fsp3) is 0.625. The SMILES string of the molecule is OCC1(N2CCNCC2)CCN(Cc2ccccc2)C1. The molecule has 0 spiro atoms. The van der Waals surface area contributed by atoms with Gasteiger partial charge in [-0.1, -0.05) is 30.3 Å². The average Bonchev–Trinajstić information content (AvgIpc) is 2.94. The van der Waals surface area contributed by atoms with Crippen molar-refractivity contribution < 1.29 is 5.11 Å². The van der Waals surface area contributed by atoms with Crippen LogP contribution in [0.15, 0.2) is 30.3 Å². The maximum atomic E-state index is 9.96. The highest BCUT2D eigenvalue weighted by atomic mass is 16.3. The Labute approximate surface area is 121 Å². The Morgan fingerprint density at radius 3 is 2.55 bits per heavy atom. The zero-order valence-electron chi connectivity index (χ0n) is 12.1. The maximum Gasteiger partial charge on any atom is 0.0628 e. The minimum Gasteiger partial charge on any atom is -0.394 e. The summed E-state index contributed by atoms with van der Waals surface area (Å²) in [6.07, 6.45) is 1.08. The fourth-order valence-corrected chi connectivity index (χ4v) is 3.54. The van der Waals surface area contributed by atoms with Gasteiger partial charge in [-0.2, -0.15) is 0 Å². The van der Waals surface area contributed by atoms with Gasteiger partial charge in [0.1, 0.15) is 0 Å². The first-order valence-electron chi connectivity index (χ1n) is 7.65. The van der Waals surface area contributed by atoms with Gasteiger partial charge in [-0.15, -0.1) is 0 Å². The van der Waals surface area contributed by atoms with E-state index in [-0.39, 0.29) is 12.1 Å². The van der Waals surface area contributed by atoms with Crippen molar-refractivity contribution >= 4 is 0 Å². The molecule has 2 N–H and O–H groups in total. The largest absolute Gasteiger partial charge is 0.394 e. The van der Waals surface area contributed by atoms with E-state index in [4.69, 9.17) is 0 Å². The summed E-state index contributed by atoms with van der Waals surface area (Å²) in [5.41, 5.74) is 1.35. The molecule has 1 unspecified atom stereocenters. The first kappa shape index (κ1) is 14.0. The predicted molar refractivity (Wildman–Crippen MR) is 80.6 cm³/mol. The Morgan fingerprint density at radius 2 is 1.85 bits per heavy atom. The second-order valence-electron chi connectivity index (χ2n) is 6.07. The number of benzene rings is 1. The summed E-state index contributed by atoms with van der Waals surface area (Å²) in [5.74, 6) is 0. The van der Waals surface area contributed by atoms with Crippen molar-refractivity contribution in [3.63, 3.8) is 0 Å². The van der Waals surface area contributed by atoms with Crippen molar-refractivity contribution in [1.82, 2.24) is 15.1 Å². The minimum atomic E-state index is -0.0170. The molecule has 0 saturated carbocycles. The molecule has 1 aromatic carbocycles. The minimum absolute atomic E-state index is 0.0170. The van der Waals surface area contributed by atoms with Crippen LogP contribution in [0, 0.1) is 0 Å². The first-order chi connectivity index (χ1) is 9.82. The number of hydrogen-bond donors (Lipinski definition) is 2. The summed E-state index contributed by atoms with van der Waals surface area (Å²) in [5, 5.41) is 13.4. The van der Waals surface area contributed by atoms with Crippen LogP contribution in [0.2, 0.25) is 0 Å². The van der Waals surface area contributed by atoms with Gasteiger partial charge < -0.3 is 10.4 Å². The molecule has 110 valence electrons. The number of rotatable bonds is 4. The number of piperazine rings is 1. The molecule has 20 heavy (non-hydrogen) atoms. The van der Waals surface area contributed by atoms with Crippen molar-refractivity contribution in [3.05, 3.63) is 35.9 Å². The van der Waals surface area contributed by atoms with Gasteiger partial charge >= 0.3 is 0 Å². The van der Waals surface area contributed by atoms with Gasteiger partial charge in [0.25, 0.3) is 0 Å². The van der Waals surface area contributed by atoms with Crippen molar-refractivity contribution in [2.45, 2.75) is 18.5 Å². The Balaban J connectivity index is 1.64. The zero-order valence-corrected chi connectivity index (χ0v) is 12.1. The van der Waals surface area contributed by atoms with Gasteiger partial charge in [-0.25, -0.2) is 0 Å². The van der Waals surface area contributed by atoms with Crippen LogP contribution in [-0.2, 0) is 6.54 Å². The molecule has 0 radical (unpaired) electrons. The van der Waals surface area contributed by atoms with Crippen molar-refractivity contribution in [2.75, 3.05) is 45.9 Å². The quantitative estimate of drug-likeness (QED) is 0.841. The third-order valence-electron chi connectivity index (χ3n) is 4.74. The van der Waals surface area contributed by atoms with E-state index in [1.807, 2.05) is 0 Å². The van der Waals surface area contributed by atoms with Gasteiger partial charge in [0, 0.05) is 45.8 Å². The molecule has 1 aromatic rings. The topological polar surface area (TPSA) is 38.7 Å². The highest BCUT2D eigenvalue weighted by Crippen LogP contribution is 2.29. The molecule has 3 rings (SSSR count). The van der Waals surface area contributed by atoms with E-state index >= 15 is 0 Å². The van der Waals surface area contributed by atoms with E-state index < -0.39 is 0 Å². The van der Waals surface area contributed by atoms with E-state index in [0.717, 1.165) is 52.2 Å². The van der Waals surface area contributed by atoms with Crippen LogP contribution in [0.25, 0.3) is 0 Å². The van der Waals surface area contributed by atoms with E-state index in [1.165, 1.54) is 5.56 Å². The van der Waals surface area contributed by atoms with Crippen LogP contribution >= 0.6 is 0 Å². The zero-order chi connectivity index (χ0) is 13.8. The second-order valence-corrected chi connectivity index (χ2v) is 6.07. The molecule has 0 aromatic heterocycles. The first-order valence-corrected chi connectivity index (χ1v) is 7.65. The number of hydrogen-bond acceptors (Lipinski definition) is 4. The maximum absolute atomic E-state index is 9.96. The molecule has 4 nitrogen and oxygen atoms in total. The summed E-state index contributed by atoms with van der Waals surface area (Å²) in [6, 6.07) is 10.6. The number of nitrogens with one attached hydrogen (secondary N) is 1. The highest BCUT2D eigenvalue weighted by Gasteiger charge is 2.42. The molecule has 2 fully saturated rings.